The van der Waals surface area contributed by atoms with Crippen LogP contribution in [-0.4, -0.2) is 3.21 Å². The van der Waals surface area contributed by atoms with Crippen LogP contribution >= 0.6 is 0 Å². The van der Waals surface area contributed by atoms with Gasteiger partial charge in [-0.2, -0.15) is 46.5 Å². The smallest absolute Gasteiger partial charge is 0.0512 e. The van der Waals surface area contributed by atoms with Crippen LogP contribution < -0.4 is 0 Å². The molecule has 0 nitrogen and oxygen atoms in total. The second-order valence-electron chi connectivity index (χ2n) is 8.67. The van der Waals surface area contributed by atoms with E-state index in [-0.39, 0.29) is 0 Å². The van der Waals surface area contributed by atoms with Crippen LogP contribution in [0.3, 0.4) is 0 Å². The summed E-state index contributed by atoms with van der Waals surface area (Å²) in [6.07, 6.45) is 10.9. The van der Waals surface area contributed by atoms with Gasteiger partial charge in [0.25, 0.3) is 0 Å². The number of hydrogen-bond donors (Lipinski definition) is 0. The Balaban J connectivity index is 0.000000119. The number of hydrogen-bond acceptors (Lipinski definition) is 0. The van der Waals surface area contributed by atoms with Gasteiger partial charge in [0, 0.05) is 0 Å². The van der Waals surface area contributed by atoms with E-state index in [1.54, 1.807) is 22.3 Å². The van der Waals surface area contributed by atoms with Gasteiger partial charge in [0.1, 0.15) is 0 Å². The molecule has 0 N–H and O–H groups in total. The Labute approximate surface area is 208 Å². The Hall–Kier alpha value is -2.11. The van der Waals surface area contributed by atoms with Gasteiger partial charge >= 0.3 is 99.2 Å². The summed E-state index contributed by atoms with van der Waals surface area (Å²) in [6, 6.07) is 34.5. The minimum absolute atomic E-state index is 1.32. The molecule has 0 amide bonds. The molecule has 0 atom stereocenters. The first-order valence-electron chi connectivity index (χ1n) is 12.0. The second-order valence-corrected chi connectivity index (χ2v) is 9.90. The Bertz CT molecular complexity index is 953. The molecule has 0 saturated carbocycles. The van der Waals surface area contributed by atoms with E-state index >= 15 is 0 Å². The van der Waals surface area contributed by atoms with Crippen molar-refractivity contribution < 1.29 is 24.2 Å². The number of benzene rings is 2. The summed E-state index contributed by atoms with van der Waals surface area (Å²) >= 11 is 1.46. The van der Waals surface area contributed by atoms with E-state index in [0.717, 1.165) is 0 Å². The summed E-state index contributed by atoms with van der Waals surface area (Å²) in [5, 5.41) is 0. The molecule has 6 rings (SSSR count). The molecule has 0 saturated heterocycles. The van der Waals surface area contributed by atoms with Crippen molar-refractivity contribution in [2.75, 3.05) is 0 Å². The molecule has 0 fully saturated rings. The third kappa shape index (κ3) is 6.46. The van der Waals surface area contributed by atoms with Gasteiger partial charge in [-0.15, -0.1) is 0 Å². The largest absolute Gasteiger partial charge is 0.210 e. The molecule has 0 aliphatic heterocycles. The number of rotatable bonds is 2. The fourth-order valence-electron chi connectivity index (χ4n) is 4.60. The van der Waals surface area contributed by atoms with Gasteiger partial charge in [-0.3, -0.25) is 0 Å². The van der Waals surface area contributed by atoms with Crippen LogP contribution in [0.2, 0.25) is 0 Å². The summed E-state index contributed by atoms with van der Waals surface area (Å²) in [7, 11) is 0. The maximum absolute atomic E-state index is 2.26. The first-order chi connectivity index (χ1) is 15.8. The molecule has 0 heterocycles. The van der Waals surface area contributed by atoms with Crippen molar-refractivity contribution in [3.8, 4) is 0 Å². The SMILES string of the molecule is [Zr+2]=[C](c1ccccc1)c1ccccc1.c1cc2c([cH-]1)CCCC2.c1cc2c([cH-]1)CCCC2. The first-order valence-corrected chi connectivity index (χ1v) is 13.2. The molecule has 2 aliphatic rings. The molecule has 0 aromatic heterocycles. The average molecular weight is 496 g/mol. The standard InChI is InChI=1S/C13H10.2C9H11.Zr/c1-3-7-12(8-4-1)11-13-9-5-2-6-10-13;2*1-2-5-9-7-3-6-8(9)4-1;/h1-10H;2*3,6-7H,1-2,4-5H2;/q;2*-1;+2. The molecular formula is C31H32Zr. The van der Waals surface area contributed by atoms with Gasteiger partial charge in [0.15, 0.2) is 0 Å². The van der Waals surface area contributed by atoms with Crippen molar-refractivity contribution in [3.63, 3.8) is 0 Å². The van der Waals surface area contributed by atoms with Crippen molar-refractivity contribution in [1.29, 1.82) is 0 Å². The Morgan fingerprint density at radius 1 is 0.531 bits per heavy atom. The van der Waals surface area contributed by atoms with Crippen LogP contribution in [0.25, 0.3) is 0 Å². The fourth-order valence-corrected chi connectivity index (χ4v) is 5.42. The van der Waals surface area contributed by atoms with Crippen molar-refractivity contribution in [2.24, 2.45) is 0 Å². The van der Waals surface area contributed by atoms with E-state index in [1.165, 1.54) is 89.9 Å². The average Bonchev–Trinajstić information content (AvgIpc) is 3.55. The van der Waals surface area contributed by atoms with E-state index in [4.69, 9.17) is 0 Å². The summed E-state index contributed by atoms with van der Waals surface area (Å²) < 4.78 is 1.42. The summed E-state index contributed by atoms with van der Waals surface area (Å²) in [6.45, 7) is 0. The zero-order valence-corrected chi connectivity index (χ0v) is 21.4. The van der Waals surface area contributed by atoms with Crippen LogP contribution in [0.1, 0.15) is 59.1 Å². The predicted molar refractivity (Wildman–Crippen MR) is 133 cm³/mol. The van der Waals surface area contributed by atoms with E-state index in [9.17, 15) is 0 Å². The monoisotopic (exact) mass is 494 g/mol. The summed E-state index contributed by atoms with van der Waals surface area (Å²) in [4.78, 5) is 0. The van der Waals surface area contributed by atoms with E-state index in [2.05, 4.69) is 97.1 Å². The van der Waals surface area contributed by atoms with Crippen LogP contribution in [0, 0.1) is 0 Å². The molecular weight excluding hydrogens is 464 g/mol. The molecule has 0 bridgehead atoms. The van der Waals surface area contributed by atoms with Crippen molar-refractivity contribution in [2.45, 2.75) is 51.4 Å². The maximum atomic E-state index is 2.26. The van der Waals surface area contributed by atoms with Crippen molar-refractivity contribution >= 4 is 3.21 Å². The maximum Gasteiger partial charge on any atom is -0.0512 e. The topological polar surface area (TPSA) is 0 Å². The normalized spacial score (nSPS) is 14.1. The fraction of sp³-hybridized carbons (Fsp3) is 0.258. The van der Waals surface area contributed by atoms with E-state index < -0.39 is 0 Å². The Morgan fingerprint density at radius 2 is 0.938 bits per heavy atom. The molecule has 2 aliphatic carbocycles. The van der Waals surface area contributed by atoms with Gasteiger partial charge in [-0.1, -0.05) is 51.4 Å². The summed E-state index contributed by atoms with van der Waals surface area (Å²) in [5.74, 6) is 0. The van der Waals surface area contributed by atoms with E-state index in [1.807, 2.05) is 0 Å². The third-order valence-electron chi connectivity index (χ3n) is 6.42. The predicted octanol–water partition coefficient (Wildman–Crippen LogP) is 7.37. The van der Waals surface area contributed by atoms with Gasteiger partial charge < -0.3 is 0 Å². The van der Waals surface area contributed by atoms with Gasteiger partial charge in [-0.05, 0) is 0 Å². The van der Waals surface area contributed by atoms with Crippen LogP contribution in [-0.2, 0) is 49.9 Å². The molecule has 0 spiro atoms. The van der Waals surface area contributed by atoms with Crippen LogP contribution in [0.5, 0.6) is 0 Å². The van der Waals surface area contributed by atoms with Gasteiger partial charge in [-0.25, -0.2) is 12.1 Å². The minimum Gasteiger partial charge on any atom is -0.210 e. The zero-order valence-electron chi connectivity index (χ0n) is 18.9. The first kappa shape index (κ1) is 23.1. The molecule has 4 aromatic carbocycles. The molecule has 32 heavy (non-hydrogen) atoms. The van der Waals surface area contributed by atoms with Crippen LogP contribution in [0.4, 0.5) is 0 Å². The molecule has 4 aromatic rings. The Kier molecular flexibility index (Phi) is 8.81. The minimum atomic E-state index is 1.32. The van der Waals surface area contributed by atoms with Crippen molar-refractivity contribution in [1.82, 2.24) is 0 Å². The third-order valence-corrected chi connectivity index (χ3v) is 7.84. The molecule has 160 valence electrons. The van der Waals surface area contributed by atoms with Crippen LogP contribution in [0.15, 0.2) is 97.1 Å². The quantitative estimate of drug-likeness (QED) is 0.255. The Morgan fingerprint density at radius 3 is 1.34 bits per heavy atom. The molecule has 0 radical (unpaired) electrons. The number of fused-ring (bicyclic) bond motifs is 2. The second kappa shape index (κ2) is 12.2. The molecule has 1 heteroatoms. The van der Waals surface area contributed by atoms with Gasteiger partial charge in [0.05, 0.1) is 0 Å². The molecule has 0 unspecified atom stereocenters. The summed E-state index contributed by atoms with van der Waals surface area (Å²) in [5.41, 5.74) is 9.05. The van der Waals surface area contributed by atoms with Crippen molar-refractivity contribution in [3.05, 3.63) is 130 Å². The van der Waals surface area contributed by atoms with E-state index in [0.29, 0.717) is 0 Å². The van der Waals surface area contributed by atoms with Gasteiger partial charge in [0.2, 0.25) is 0 Å². The zero-order chi connectivity index (χ0) is 22.0. The number of aryl methyl sites for hydroxylation is 4.